The van der Waals surface area contributed by atoms with Crippen LogP contribution < -0.4 is 0 Å². The topological polar surface area (TPSA) is 110 Å². The van der Waals surface area contributed by atoms with Gasteiger partial charge in [-0.3, -0.25) is 0 Å². The zero-order valence-corrected chi connectivity index (χ0v) is 26.9. The van der Waals surface area contributed by atoms with Crippen molar-refractivity contribution < 1.29 is 22.0 Å². The highest BCUT2D eigenvalue weighted by molar-refractivity contribution is 6.22. The Labute approximate surface area is 296 Å². The van der Waals surface area contributed by atoms with Crippen molar-refractivity contribution in [2.75, 3.05) is 0 Å². The first-order valence-electron chi connectivity index (χ1n) is 15.8. The number of benzene rings is 6. The molecule has 11 heteroatoms. The minimum absolute atomic E-state index is 0.260. The van der Waals surface area contributed by atoms with E-state index in [-0.39, 0.29) is 11.1 Å². The van der Waals surface area contributed by atoms with E-state index in [0.717, 1.165) is 0 Å². The molecule has 0 atom stereocenters. The predicted molar refractivity (Wildman–Crippen MR) is 188 cm³/mol. The summed E-state index contributed by atoms with van der Waals surface area (Å²) in [4.78, 5) is 15.1. The van der Waals surface area contributed by atoms with E-state index in [9.17, 15) is 37.7 Å². The van der Waals surface area contributed by atoms with E-state index in [1.54, 1.807) is 72.8 Å². The lowest BCUT2D eigenvalue weighted by atomic mass is 9.93. The fourth-order valence-electron chi connectivity index (χ4n) is 6.42. The molecular formula is C42H17F5N6. The molecule has 0 amide bonds. The Morgan fingerprint density at radius 1 is 0.434 bits per heavy atom. The van der Waals surface area contributed by atoms with Crippen molar-refractivity contribution in [2.45, 2.75) is 0 Å². The molecule has 8 rings (SSSR count). The quantitative estimate of drug-likeness (QED) is 0.0782. The Hall–Kier alpha value is -7.55. The van der Waals surface area contributed by atoms with Gasteiger partial charge in [-0.05, 0) is 42.0 Å². The van der Waals surface area contributed by atoms with Gasteiger partial charge in [-0.1, -0.05) is 66.7 Å². The molecule has 6 aromatic carbocycles. The normalized spacial score (nSPS) is 11.1. The third-order valence-corrected chi connectivity index (χ3v) is 8.95. The largest absolute Gasteiger partial charge is 0.247 e. The van der Waals surface area contributed by atoms with Crippen molar-refractivity contribution in [3.05, 3.63) is 149 Å². The Kier molecular flexibility index (Phi) is 7.79. The third kappa shape index (κ3) is 5.26. The predicted octanol–water partition coefficient (Wildman–Crippen LogP) is 10.3. The van der Waals surface area contributed by atoms with Crippen molar-refractivity contribution in [2.24, 2.45) is 0 Å². The van der Waals surface area contributed by atoms with Crippen LogP contribution in [0.15, 0.2) is 103 Å². The highest BCUT2D eigenvalue weighted by Gasteiger charge is 2.27. The smallest absolute Gasteiger partial charge is 0.200 e. The lowest BCUT2D eigenvalue weighted by Gasteiger charge is -2.16. The van der Waals surface area contributed by atoms with Crippen LogP contribution in [0.5, 0.6) is 0 Å². The average molecular weight is 701 g/mol. The molecule has 0 aliphatic rings. The molecule has 0 aliphatic heterocycles. The second-order valence-electron chi connectivity index (χ2n) is 12.0. The molecule has 8 aromatic rings. The summed E-state index contributed by atoms with van der Waals surface area (Å²) in [5.41, 5.74) is 3.84. The molecule has 0 unspecified atom stereocenters. The number of nitriles is 3. The molecule has 2 aromatic heterocycles. The van der Waals surface area contributed by atoms with Gasteiger partial charge in [-0.15, -0.1) is 0 Å². The van der Waals surface area contributed by atoms with Gasteiger partial charge in [-0.2, -0.15) is 15.8 Å². The Bertz CT molecular complexity index is 2930. The maximum Gasteiger partial charge on any atom is 0.200 e. The van der Waals surface area contributed by atoms with E-state index in [1.165, 1.54) is 24.3 Å². The zero-order valence-electron chi connectivity index (χ0n) is 26.9. The molecule has 250 valence electrons. The Morgan fingerprint density at radius 3 is 1.47 bits per heavy atom. The van der Waals surface area contributed by atoms with E-state index in [4.69, 9.17) is 15.0 Å². The lowest BCUT2D eigenvalue weighted by Crippen LogP contribution is -2.04. The van der Waals surface area contributed by atoms with E-state index >= 15 is 0 Å². The van der Waals surface area contributed by atoms with Crippen molar-refractivity contribution >= 4 is 32.7 Å². The first-order valence-corrected chi connectivity index (χ1v) is 15.8. The number of pyridine rings is 1. The van der Waals surface area contributed by atoms with Crippen LogP contribution in [0.3, 0.4) is 0 Å². The molecule has 53 heavy (non-hydrogen) atoms. The first-order chi connectivity index (χ1) is 25.7. The third-order valence-electron chi connectivity index (χ3n) is 8.95. The maximum atomic E-state index is 14.8. The SMILES string of the molecule is N#Cc1ccc(-c2nc3cc(C#N)c4c5ccccc5nc(-c5ccc(-c6c(F)c(F)c(F)c(F)c6F)cc5)c4c3nc2-c2ccc(C#N)cc2)cc1. The van der Waals surface area contributed by atoms with E-state index in [2.05, 4.69) is 18.2 Å². The summed E-state index contributed by atoms with van der Waals surface area (Å²) in [7, 11) is 0. The number of nitrogens with zero attached hydrogens (tertiary/aromatic N) is 6. The van der Waals surface area contributed by atoms with E-state index in [1.807, 2.05) is 6.07 Å². The van der Waals surface area contributed by atoms with Crippen LogP contribution in [-0.4, -0.2) is 15.0 Å². The Morgan fingerprint density at radius 2 is 0.906 bits per heavy atom. The summed E-state index contributed by atoms with van der Waals surface area (Å²) in [5, 5.41) is 30.9. The number of para-hydroxylation sites is 1. The van der Waals surface area contributed by atoms with Crippen molar-refractivity contribution in [1.82, 2.24) is 15.0 Å². The van der Waals surface area contributed by atoms with Gasteiger partial charge in [0.25, 0.3) is 0 Å². The molecule has 0 saturated heterocycles. The number of rotatable bonds is 4. The minimum Gasteiger partial charge on any atom is -0.247 e. The van der Waals surface area contributed by atoms with Crippen molar-refractivity contribution in [3.63, 3.8) is 0 Å². The highest BCUT2D eigenvalue weighted by atomic mass is 19.2. The molecule has 0 aliphatic carbocycles. The van der Waals surface area contributed by atoms with Gasteiger partial charge in [0.1, 0.15) is 0 Å². The van der Waals surface area contributed by atoms with Crippen LogP contribution in [0.25, 0.3) is 77.6 Å². The summed E-state index contributed by atoms with van der Waals surface area (Å²) in [6, 6.07) is 34.1. The van der Waals surface area contributed by atoms with Gasteiger partial charge < -0.3 is 0 Å². The number of hydrogen-bond donors (Lipinski definition) is 0. The number of halogens is 5. The monoisotopic (exact) mass is 700 g/mol. The molecule has 0 spiro atoms. The highest BCUT2D eigenvalue weighted by Crippen LogP contribution is 2.41. The fraction of sp³-hybridized carbons (Fsp3) is 0. The van der Waals surface area contributed by atoms with Crippen LogP contribution in [0.1, 0.15) is 16.7 Å². The molecule has 0 bridgehead atoms. The standard InChI is InChI=1S/C42H17F5N6/c43-34-32(35(44)37(46)38(47)36(34)45)23-13-15-24(16-14-23)39-33-31(28-3-1-2-4-29(28)51-39)27(20-50)17-30-42(33)53-41(26-11-7-22(19-49)8-12-26)40(52-30)25-9-5-21(18-48)6-10-25/h1-17H. The molecule has 2 heterocycles. The maximum absolute atomic E-state index is 14.8. The van der Waals surface area contributed by atoms with Gasteiger partial charge in [0.05, 0.1) is 74.1 Å². The number of aromatic nitrogens is 3. The summed E-state index contributed by atoms with van der Waals surface area (Å²) in [6.07, 6.45) is 0. The summed E-state index contributed by atoms with van der Waals surface area (Å²) in [6.45, 7) is 0. The van der Waals surface area contributed by atoms with Crippen LogP contribution >= 0.6 is 0 Å². The molecule has 6 nitrogen and oxygen atoms in total. The molecule has 0 fully saturated rings. The second kappa shape index (κ2) is 12.6. The fourth-order valence-corrected chi connectivity index (χ4v) is 6.42. The van der Waals surface area contributed by atoms with Crippen LogP contribution in [0, 0.1) is 63.1 Å². The van der Waals surface area contributed by atoms with Gasteiger partial charge in [0, 0.05) is 32.8 Å². The van der Waals surface area contributed by atoms with E-state index < -0.39 is 34.6 Å². The van der Waals surface area contributed by atoms with Crippen LogP contribution in [-0.2, 0) is 0 Å². The zero-order chi connectivity index (χ0) is 37.0. The Balaban J connectivity index is 1.45. The molecule has 0 N–H and O–H groups in total. The van der Waals surface area contributed by atoms with Gasteiger partial charge >= 0.3 is 0 Å². The number of fused-ring (bicyclic) bond motifs is 5. The number of hydrogen-bond acceptors (Lipinski definition) is 6. The first kappa shape index (κ1) is 32.6. The molecule has 0 radical (unpaired) electrons. The minimum atomic E-state index is -2.25. The van der Waals surface area contributed by atoms with Gasteiger partial charge in [-0.25, -0.2) is 36.9 Å². The van der Waals surface area contributed by atoms with Crippen LogP contribution in [0.2, 0.25) is 0 Å². The van der Waals surface area contributed by atoms with Crippen LogP contribution in [0.4, 0.5) is 22.0 Å². The van der Waals surface area contributed by atoms with Crippen molar-refractivity contribution in [3.8, 4) is 63.1 Å². The lowest BCUT2D eigenvalue weighted by molar-refractivity contribution is 0.381. The van der Waals surface area contributed by atoms with Crippen molar-refractivity contribution in [1.29, 1.82) is 15.8 Å². The van der Waals surface area contributed by atoms with E-state index in [0.29, 0.717) is 77.6 Å². The summed E-state index contributed by atoms with van der Waals surface area (Å²) >= 11 is 0. The second-order valence-corrected chi connectivity index (χ2v) is 12.0. The molecular weight excluding hydrogens is 683 g/mol. The summed E-state index contributed by atoms with van der Waals surface area (Å²) < 4.78 is 71.5. The molecule has 0 saturated carbocycles. The average Bonchev–Trinajstić information content (AvgIpc) is 3.21. The van der Waals surface area contributed by atoms with Gasteiger partial charge in [0.15, 0.2) is 23.3 Å². The van der Waals surface area contributed by atoms with Gasteiger partial charge in [0.2, 0.25) is 5.82 Å². The summed E-state index contributed by atoms with van der Waals surface area (Å²) in [5.74, 6) is -10.3.